The van der Waals surface area contributed by atoms with Crippen LogP contribution in [0, 0.1) is 5.82 Å². The molecule has 0 aromatic heterocycles. The summed E-state index contributed by atoms with van der Waals surface area (Å²) in [5, 5.41) is 8.72. The second-order valence-electron chi connectivity index (χ2n) is 8.42. The average molecular weight is 510 g/mol. The van der Waals surface area contributed by atoms with Gasteiger partial charge in [-0.1, -0.05) is 71.7 Å². The van der Waals surface area contributed by atoms with Gasteiger partial charge in [0.2, 0.25) is 0 Å². The zero-order valence-corrected chi connectivity index (χ0v) is 20.5. The summed E-state index contributed by atoms with van der Waals surface area (Å²) in [7, 11) is 0. The number of nitrogens with one attached hydrogen (secondary N) is 2. The number of rotatable bonds is 4. The van der Waals surface area contributed by atoms with Crippen molar-refractivity contribution >= 4 is 46.6 Å². The zero-order valence-electron chi connectivity index (χ0n) is 18.2. The molecular weight excluding hydrogens is 488 g/mol. The number of hydrogen-bond donors (Lipinski definition) is 2. The molecule has 0 saturated carbocycles. The van der Waals surface area contributed by atoms with E-state index in [9.17, 15) is 4.39 Å². The van der Waals surface area contributed by atoms with Gasteiger partial charge in [0.05, 0.1) is 6.04 Å². The first-order valence-electron chi connectivity index (χ1n) is 10.9. The molecule has 0 radical (unpaired) electrons. The summed E-state index contributed by atoms with van der Waals surface area (Å²) in [6.07, 6.45) is 2.11. The van der Waals surface area contributed by atoms with Gasteiger partial charge in [0.1, 0.15) is 5.82 Å². The maximum Gasteiger partial charge on any atom is 0.171 e. The predicted molar refractivity (Wildman–Crippen MR) is 141 cm³/mol. The standard InChI is InChI=1S/C27H22Cl2FN3S/c28-23-7-3-1-5-18(23)13-19-15-33(14-17-9-11-20(30)12-10-17)16-22-25(19)31-27(34)32-26(22)21-6-2-4-8-24(21)29/h1-13,26H,14-16H2,(H2,31,32,34)/b19-13+. The molecule has 2 N–H and O–H groups in total. The van der Waals surface area contributed by atoms with E-state index in [1.54, 1.807) is 0 Å². The van der Waals surface area contributed by atoms with Crippen molar-refractivity contribution in [2.75, 3.05) is 13.1 Å². The van der Waals surface area contributed by atoms with Crippen LogP contribution in [-0.4, -0.2) is 23.1 Å². The highest BCUT2D eigenvalue weighted by molar-refractivity contribution is 7.80. The Morgan fingerprint density at radius 1 is 0.941 bits per heavy atom. The zero-order chi connectivity index (χ0) is 23.7. The molecule has 0 spiro atoms. The summed E-state index contributed by atoms with van der Waals surface area (Å²) >= 11 is 18.7. The lowest BCUT2D eigenvalue weighted by Crippen LogP contribution is -2.49. The summed E-state index contributed by atoms with van der Waals surface area (Å²) in [5.41, 5.74) is 6.19. The first-order chi connectivity index (χ1) is 16.5. The SMILES string of the molecule is Fc1ccc(CN2CC3=C(NC(=S)NC3c3ccccc3Cl)/C(=C/c3ccccc3Cl)C2)cc1. The lowest BCUT2D eigenvalue weighted by molar-refractivity contribution is 0.292. The lowest BCUT2D eigenvalue weighted by atomic mass is 9.88. The molecule has 0 saturated heterocycles. The van der Waals surface area contributed by atoms with Crippen molar-refractivity contribution in [1.82, 2.24) is 15.5 Å². The van der Waals surface area contributed by atoms with Crippen LogP contribution in [0.2, 0.25) is 10.0 Å². The Kier molecular flexibility index (Phi) is 6.70. The Balaban J connectivity index is 1.59. The fraction of sp³-hybridized carbons (Fsp3) is 0.148. The quantitative estimate of drug-likeness (QED) is 0.392. The molecule has 0 bridgehead atoms. The Hall–Kier alpha value is -2.70. The van der Waals surface area contributed by atoms with Crippen LogP contribution < -0.4 is 10.6 Å². The van der Waals surface area contributed by atoms with Gasteiger partial charge in [-0.15, -0.1) is 0 Å². The highest BCUT2D eigenvalue weighted by Gasteiger charge is 2.34. The normalized spacial score (nSPS) is 19.6. The molecule has 0 amide bonds. The summed E-state index contributed by atoms with van der Waals surface area (Å²) < 4.78 is 13.5. The molecule has 3 aromatic carbocycles. The van der Waals surface area contributed by atoms with E-state index in [0.717, 1.165) is 33.5 Å². The Morgan fingerprint density at radius 2 is 1.65 bits per heavy atom. The second-order valence-corrected chi connectivity index (χ2v) is 9.64. The van der Waals surface area contributed by atoms with Crippen LogP contribution >= 0.6 is 35.4 Å². The van der Waals surface area contributed by atoms with E-state index in [2.05, 4.69) is 21.6 Å². The summed E-state index contributed by atoms with van der Waals surface area (Å²) in [5.74, 6) is -0.236. The number of hydrogen-bond acceptors (Lipinski definition) is 2. The van der Waals surface area contributed by atoms with Crippen molar-refractivity contribution in [2.45, 2.75) is 12.6 Å². The number of halogens is 3. The lowest BCUT2D eigenvalue weighted by Gasteiger charge is -2.40. The van der Waals surface area contributed by atoms with E-state index in [0.29, 0.717) is 34.8 Å². The predicted octanol–water partition coefficient (Wildman–Crippen LogP) is 6.50. The van der Waals surface area contributed by atoms with Crippen molar-refractivity contribution in [3.8, 4) is 0 Å². The third-order valence-corrected chi connectivity index (χ3v) is 6.97. The fourth-order valence-electron chi connectivity index (χ4n) is 4.50. The minimum atomic E-state index is -0.236. The average Bonchev–Trinajstić information content (AvgIpc) is 2.82. The van der Waals surface area contributed by atoms with Crippen LogP contribution in [0.5, 0.6) is 0 Å². The first-order valence-corrected chi connectivity index (χ1v) is 12.1. The largest absolute Gasteiger partial charge is 0.352 e. The molecule has 3 nitrogen and oxygen atoms in total. The number of nitrogens with zero attached hydrogens (tertiary/aromatic N) is 1. The molecule has 2 aliphatic rings. The van der Waals surface area contributed by atoms with Gasteiger partial charge in [0.15, 0.2) is 5.11 Å². The van der Waals surface area contributed by atoms with Crippen LogP contribution in [0.3, 0.4) is 0 Å². The maximum absolute atomic E-state index is 13.5. The van der Waals surface area contributed by atoms with Crippen LogP contribution in [-0.2, 0) is 6.54 Å². The van der Waals surface area contributed by atoms with Gasteiger partial charge in [-0.25, -0.2) is 4.39 Å². The molecule has 3 aromatic rings. The van der Waals surface area contributed by atoms with E-state index in [4.69, 9.17) is 35.4 Å². The summed E-state index contributed by atoms with van der Waals surface area (Å²) in [4.78, 5) is 2.33. The van der Waals surface area contributed by atoms with Crippen LogP contribution in [0.4, 0.5) is 4.39 Å². The van der Waals surface area contributed by atoms with Crippen LogP contribution in [0.25, 0.3) is 6.08 Å². The first kappa shape index (κ1) is 23.1. The Labute approximate surface area is 213 Å². The van der Waals surface area contributed by atoms with Gasteiger partial charge >= 0.3 is 0 Å². The molecule has 2 aliphatic heterocycles. The minimum Gasteiger partial charge on any atom is -0.352 e. The molecule has 1 unspecified atom stereocenters. The van der Waals surface area contributed by atoms with Crippen LogP contribution in [0.1, 0.15) is 22.7 Å². The van der Waals surface area contributed by atoms with E-state index >= 15 is 0 Å². The Morgan fingerprint density at radius 3 is 2.38 bits per heavy atom. The van der Waals surface area contributed by atoms with Gasteiger partial charge in [0, 0.05) is 35.4 Å². The molecule has 172 valence electrons. The van der Waals surface area contributed by atoms with Crippen molar-refractivity contribution in [1.29, 1.82) is 0 Å². The minimum absolute atomic E-state index is 0.164. The molecule has 34 heavy (non-hydrogen) atoms. The fourth-order valence-corrected chi connectivity index (χ4v) is 5.15. The monoisotopic (exact) mass is 509 g/mol. The molecular formula is C27H22Cl2FN3S. The van der Waals surface area contributed by atoms with Gasteiger partial charge in [-0.3, -0.25) is 4.90 Å². The van der Waals surface area contributed by atoms with Crippen molar-refractivity contribution < 1.29 is 4.39 Å². The van der Waals surface area contributed by atoms with Crippen molar-refractivity contribution in [2.24, 2.45) is 0 Å². The summed E-state index contributed by atoms with van der Waals surface area (Å²) in [6, 6.07) is 22.1. The molecule has 1 atom stereocenters. The van der Waals surface area contributed by atoms with Gasteiger partial charge in [-0.2, -0.15) is 0 Å². The second kappa shape index (κ2) is 9.88. The molecule has 0 fully saturated rings. The van der Waals surface area contributed by atoms with E-state index < -0.39 is 0 Å². The maximum atomic E-state index is 13.5. The van der Waals surface area contributed by atoms with E-state index in [-0.39, 0.29) is 11.9 Å². The van der Waals surface area contributed by atoms with E-state index in [1.807, 2.05) is 60.7 Å². The third kappa shape index (κ3) is 4.89. The van der Waals surface area contributed by atoms with E-state index in [1.165, 1.54) is 12.1 Å². The van der Waals surface area contributed by atoms with Gasteiger partial charge in [0.25, 0.3) is 0 Å². The molecule has 5 rings (SSSR count). The van der Waals surface area contributed by atoms with Crippen molar-refractivity contribution in [3.63, 3.8) is 0 Å². The smallest absolute Gasteiger partial charge is 0.171 e. The number of benzene rings is 3. The van der Waals surface area contributed by atoms with Crippen molar-refractivity contribution in [3.05, 3.63) is 122 Å². The van der Waals surface area contributed by atoms with Crippen LogP contribution in [0.15, 0.2) is 89.6 Å². The van der Waals surface area contributed by atoms with Gasteiger partial charge < -0.3 is 10.6 Å². The summed E-state index contributed by atoms with van der Waals surface area (Å²) in [6.45, 7) is 2.06. The Bertz CT molecular complexity index is 1300. The number of thiocarbonyl (C=S) groups is 1. The molecule has 7 heteroatoms. The highest BCUT2D eigenvalue weighted by Crippen LogP contribution is 2.37. The van der Waals surface area contributed by atoms with Gasteiger partial charge in [-0.05, 0) is 70.4 Å². The molecule has 0 aliphatic carbocycles. The third-order valence-electron chi connectivity index (χ3n) is 6.06. The highest BCUT2D eigenvalue weighted by atomic mass is 35.5. The topological polar surface area (TPSA) is 27.3 Å². The molecule has 2 heterocycles.